The molecule has 2 aromatic rings. The molecule has 0 spiro atoms. The Morgan fingerprint density at radius 1 is 1.23 bits per heavy atom. The molecule has 4 rings (SSSR count). The van der Waals surface area contributed by atoms with Crippen molar-refractivity contribution in [3.05, 3.63) is 12.7 Å². The number of methoxy groups -OCH3 is 1. The number of amides is 1. The molecule has 2 aliphatic heterocycles. The number of carbonyl (C=O) groups excluding carboxylic acids is 2. The van der Waals surface area contributed by atoms with Gasteiger partial charge in [0.25, 0.3) is 0 Å². The minimum Gasteiger partial charge on any atom is -0.467 e. The minimum absolute atomic E-state index is 0.138. The number of nitrogens with one attached hydrogen (secondary N) is 1. The first-order valence-electron chi connectivity index (χ1n) is 13.3. The van der Waals surface area contributed by atoms with Gasteiger partial charge in [-0.2, -0.15) is 0 Å². The monoisotopic (exact) mass is 648 g/mol. The fourth-order valence-electron chi connectivity index (χ4n) is 4.98. The molecule has 7 atom stereocenters. The summed E-state index contributed by atoms with van der Waals surface area (Å²) in [5.41, 5.74) is 5.73. The Balaban J connectivity index is 1.61. The van der Waals surface area contributed by atoms with Crippen molar-refractivity contribution in [3.8, 4) is 0 Å². The van der Waals surface area contributed by atoms with Crippen molar-refractivity contribution in [2.75, 3.05) is 24.8 Å². The van der Waals surface area contributed by atoms with Crippen LogP contribution in [0.5, 0.6) is 0 Å². The van der Waals surface area contributed by atoms with Gasteiger partial charge in [-0.3, -0.25) is 13.3 Å². The summed E-state index contributed by atoms with van der Waals surface area (Å²) in [4.78, 5) is 57.1. The third-order valence-electron chi connectivity index (χ3n) is 6.63. The Morgan fingerprint density at radius 3 is 2.53 bits per heavy atom. The molecule has 43 heavy (non-hydrogen) atoms. The van der Waals surface area contributed by atoms with Crippen LogP contribution >= 0.6 is 7.60 Å². The molecule has 0 aliphatic carbocycles. The zero-order valence-electron chi connectivity index (χ0n) is 24.5. The third-order valence-corrected chi connectivity index (χ3v) is 9.50. The lowest BCUT2D eigenvalue weighted by atomic mass is 10.1. The molecule has 1 amide bonds. The lowest BCUT2D eigenvalue weighted by Gasteiger charge is -2.29. The molecule has 7 unspecified atom stereocenters. The van der Waals surface area contributed by atoms with E-state index in [1.807, 2.05) is 0 Å². The summed E-state index contributed by atoms with van der Waals surface area (Å²) in [6.07, 6.45) is -2.98. The molecule has 2 fully saturated rings. The molecule has 19 heteroatoms. The summed E-state index contributed by atoms with van der Waals surface area (Å²) >= 11 is 0. The lowest BCUT2D eigenvalue weighted by Crippen LogP contribution is -2.46. The summed E-state index contributed by atoms with van der Waals surface area (Å²) in [5.74, 6) is -2.04. The Kier molecular flexibility index (Phi) is 9.52. The van der Waals surface area contributed by atoms with Gasteiger partial charge in [0.1, 0.15) is 41.8 Å². The van der Waals surface area contributed by atoms with Gasteiger partial charge in [0.05, 0.1) is 24.8 Å². The van der Waals surface area contributed by atoms with E-state index in [1.54, 1.807) is 39.2 Å². The molecular weight excluding hydrogens is 611 g/mol. The van der Waals surface area contributed by atoms with Gasteiger partial charge in [-0.25, -0.2) is 24.5 Å². The van der Waals surface area contributed by atoms with Crippen molar-refractivity contribution >= 4 is 47.4 Å². The number of carbonyl (C=O) groups is 2. The molecule has 5 N–H and O–H groups in total. The molecule has 0 radical (unpaired) electrons. The summed E-state index contributed by atoms with van der Waals surface area (Å²) in [6.45, 7) is 8.28. The predicted octanol–water partition coefficient (Wildman–Crippen LogP) is 0.577. The summed E-state index contributed by atoms with van der Waals surface area (Å²) in [7, 11) is -5.64. The van der Waals surface area contributed by atoms with Gasteiger partial charge in [-0.1, -0.05) is 0 Å². The molecule has 2 saturated heterocycles. The van der Waals surface area contributed by atoms with E-state index in [4.69, 9.17) is 29.4 Å². The number of hydrogen-bond acceptors (Lipinski definition) is 13. The van der Waals surface area contributed by atoms with E-state index in [1.165, 1.54) is 12.7 Å². The van der Waals surface area contributed by atoms with Crippen molar-refractivity contribution in [1.82, 2.24) is 24.8 Å². The van der Waals surface area contributed by atoms with Crippen LogP contribution in [0.2, 0.25) is 0 Å². The van der Waals surface area contributed by atoms with Crippen LogP contribution in [0, 0.1) is 0 Å². The maximum atomic E-state index is 13.8. The van der Waals surface area contributed by atoms with Crippen LogP contribution in [0.25, 0.3) is 11.2 Å². The zero-order valence-corrected chi connectivity index (χ0v) is 26.2. The average molecular weight is 649 g/mol. The van der Waals surface area contributed by atoms with Crippen LogP contribution in [-0.2, 0) is 43.8 Å². The van der Waals surface area contributed by atoms with Gasteiger partial charge in [-0.15, -0.1) is 0 Å². The van der Waals surface area contributed by atoms with Gasteiger partial charge in [0.15, 0.2) is 23.5 Å². The van der Waals surface area contributed by atoms with Crippen LogP contribution in [0.4, 0.5) is 10.6 Å². The SMILES string of the molecule is COC(=O)C(CCS(=O)C(CP(=O)(O)O)C1OC(n2cnc3c(N)ncnc32)C2OC(C)(C)OC21)NC(=O)OC(C)(C)C. The van der Waals surface area contributed by atoms with Crippen LogP contribution in [0.1, 0.15) is 47.3 Å². The van der Waals surface area contributed by atoms with Crippen molar-refractivity contribution in [3.63, 3.8) is 0 Å². The van der Waals surface area contributed by atoms with Crippen molar-refractivity contribution in [1.29, 1.82) is 0 Å². The van der Waals surface area contributed by atoms with Crippen LogP contribution in [0.15, 0.2) is 12.7 Å². The zero-order chi connectivity index (χ0) is 31.9. The van der Waals surface area contributed by atoms with E-state index in [9.17, 15) is 28.1 Å². The third kappa shape index (κ3) is 7.87. The number of nitrogens with two attached hydrogens (primary N) is 1. The Morgan fingerprint density at radius 2 is 1.91 bits per heavy atom. The summed E-state index contributed by atoms with van der Waals surface area (Å²) in [6, 6.07) is -1.24. The van der Waals surface area contributed by atoms with Gasteiger partial charge in [0.2, 0.25) is 0 Å². The number of hydrogen-bond donors (Lipinski definition) is 4. The van der Waals surface area contributed by atoms with Crippen molar-refractivity contribution in [2.24, 2.45) is 0 Å². The maximum Gasteiger partial charge on any atom is 0.408 e. The number of alkyl carbamates (subject to hydrolysis) is 1. The smallest absolute Gasteiger partial charge is 0.408 e. The number of nitrogen functional groups attached to an aromatic ring is 1. The maximum absolute atomic E-state index is 13.8. The first-order chi connectivity index (χ1) is 19.9. The number of anilines is 1. The highest BCUT2D eigenvalue weighted by atomic mass is 32.2. The number of fused-ring (bicyclic) bond motifs is 2. The quantitative estimate of drug-likeness (QED) is 0.204. The van der Waals surface area contributed by atoms with E-state index in [2.05, 4.69) is 20.3 Å². The van der Waals surface area contributed by atoms with E-state index in [0.717, 1.165) is 7.11 Å². The van der Waals surface area contributed by atoms with Crippen LogP contribution in [0.3, 0.4) is 0 Å². The highest BCUT2D eigenvalue weighted by Gasteiger charge is 2.59. The van der Waals surface area contributed by atoms with Crippen LogP contribution < -0.4 is 11.1 Å². The molecular formula is C24H37N6O11PS. The highest BCUT2D eigenvalue weighted by Crippen LogP contribution is 2.47. The van der Waals surface area contributed by atoms with E-state index in [-0.39, 0.29) is 18.0 Å². The highest BCUT2D eigenvalue weighted by molar-refractivity contribution is 7.86. The predicted molar refractivity (Wildman–Crippen MR) is 151 cm³/mol. The van der Waals surface area contributed by atoms with Gasteiger partial charge < -0.3 is 44.5 Å². The summed E-state index contributed by atoms with van der Waals surface area (Å²) < 4.78 is 56.1. The molecule has 0 bridgehead atoms. The average Bonchev–Trinajstić information content (AvgIpc) is 3.54. The largest absolute Gasteiger partial charge is 0.467 e. The first kappa shape index (κ1) is 33.2. The molecule has 2 aliphatic rings. The van der Waals surface area contributed by atoms with Crippen LogP contribution in [-0.4, -0.2) is 106 Å². The minimum atomic E-state index is -4.75. The number of rotatable bonds is 10. The van der Waals surface area contributed by atoms with Gasteiger partial charge in [0, 0.05) is 16.6 Å². The Bertz CT molecular complexity index is 1430. The fraction of sp³-hybridized carbons (Fsp3) is 0.708. The van der Waals surface area contributed by atoms with Gasteiger partial charge in [-0.05, 0) is 41.0 Å². The topological polar surface area (TPSA) is 237 Å². The van der Waals surface area contributed by atoms with Crippen molar-refractivity contribution in [2.45, 2.75) is 88.3 Å². The number of ether oxygens (including phenoxy) is 5. The fourth-order valence-corrected chi connectivity index (χ4v) is 8.20. The molecule has 0 aromatic carbocycles. The normalized spacial score (nSPS) is 25.6. The number of nitrogens with zero attached hydrogens (tertiary/aromatic N) is 4. The second-order valence-electron chi connectivity index (χ2n) is 11.6. The number of aromatic nitrogens is 4. The summed E-state index contributed by atoms with van der Waals surface area (Å²) in [5, 5.41) is 1.13. The second-order valence-corrected chi connectivity index (χ2v) is 15.1. The number of imidazole rings is 1. The molecule has 0 saturated carbocycles. The number of esters is 1. The first-order valence-corrected chi connectivity index (χ1v) is 16.5. The second kappa shape index (κ2) is 12.3. The molecule has 17 nitrogen and oxygen atoms in total. The Labute approximate surface area is 249 Å². The lowest BCUT2D eigenvalue weighted by molar-refractivity contribution is -0.195. The van der Waals surface area contributed by atoms with E-state index in [0.29, 0.717) is 11.2 Å². The Hall–Kier alpha value is -2.73. The van der Waals surface area contributed by atoms with E-state index < -0.39 is 83.8 Å². The van der Waals surface area contributed by atoms with Gasteiger partial charge >= 0.3 is 19.7 Å². The van der Waals surface area contributed by atoms with Crippen molar-refractivity contribution < 1.29 is 51.8 Å². The van der Waals surface area contributed by atoms with E-state index >= 15 is 0 Å². The molecule has 2 aromatic heterocycles. The molecule has 240 valence electrons. The standard InChI is InChI=1S/C24H37N6O11PS/c1-23(2,3)41-22(32)29-12(21(31)37-6)7-8-43(36)13(9-42(33,34)35)15-16-17(40-24(4,5)39-16)20(38-15)30-11-28-14-18(25)26-10-27-19(14)30/h10-13,15-17,20H,7-9H2,1-6H3,(H,29,32)(H2,25,26,27)(H2,33,34,35). The molecule has 4 heterocycles.